The van der Waals surface area contributed by atoms with Crippen molar-refractivity contribution in [3.05, 3.63) is 71.8 Å². The van der Waals surface area contributed by atoms with Crippen molar-refractivity contribution in [2.45, 2.75) is 101 Å². The van der Waals surface area contributed by atoms with Crippen molar-refractivity contribution in [2.24, 2.45) is 5.92 Å². The Morgan fingerprint density at radius 1 is 0.850 bits per heavy atom. The molecule has 2 aliphatic heterocycles. The number of hydrogen-bond acceptors (Lipinski definition) is 12. The maximum Gasteiger partial charge on any atom is 0.411 e. The molecule has 0 bridgehead atoms. The van der Waals surface area contributed by atoms with Crippen molar-refractivity contribution in [3.8, 4) is 0 Å². The third kappa shape index (κ3) is 10.4. The van der Waals surface area contributed by atoms with Crippen molar-refractivity contribution in [2.75, 3.05) is 30.4 Å². The van der Waals surface area contributed by atoms with Crippen LogP contribution < -0.4 is 26.0 Å². The molecule has 2 aromatic rings. The number of nitrogens with one attached hydrogen (secondary N) is 5. The second-order valence-electron chi connectivity index (χ2n) is 15.1. The molecule has 5 atom stereocenters. The fraction of sp³-hybridized carbons (Fsp3) is 0.488. The van der Waals surface area contributed by atoms with Crippen LogP contribution >= 0.6 is 0 Å². The van der Waals surface area contributed by atoms with Gasteiger partial charge >= 0.3 is 24.1 Å². The molecule has 60 heavy (non-hydrogen) atoms. The minimum Gasteiger partial charge on any atom is -0.462 e. The highest BCUT2D eigenvalue weighted by atomic mass is 32.2. The number of ether oxygens (including phenoxy) is 3. The van der Waals surface area contributed by atoms with Crippen LogP contribution in [-0.2, 0) is 38.6 Å². The highest BCUT2D eigenvalue weighted by molar-refractivity contribution is 7.91. The van der Waals surface area contributed by atoms with Crippen LogP contribution in [-0.4, -0.2) is 104 Å². The maximum absolute atomic E-state index is 14.6. The van der Waals surface area contributed by atoms with Crippen LogP contribution in [0, 0.1) is 5.92 Å². The summed E-state index contributed by atoms with van der Waals surface area (Å²) in [5.74, 6) is -4.22. The molecule has 2 heterocycles. The summed E-state index contributed by atoms with van der Waals surface area (Å²) in [7, 11) is -3.97. The lowest BCUT2D eigenvalue weighted by atomic mass is 10.0. The fourth-order valence-corrected chi connectivity index (χ4v) is 8.78. The predicted molar refractivity (Wildman–Crippen MR) is 216 cm³/mol. The highest BCUT2D eigenvalue weighted by Crippen LogP contribution is 2.46. The summed E-state index contributed by atoms with van der Waals surface area (Å²) in [6.45, 7) is 3.19. The smallest absolute Gasteiger partial charge is 0.411 e. The standard InChI is InChI=1S/C41H50N6O12S/c1-3-57-36(50)28-15-10-12-17-30(28)42-39(53)43-32-19-9-7-5-6-8-14-25-23-41(25,38(52)46-60(55,56)27-20-21-27)45-34(48)33-22-26(24-47(33)35(32)49)59-40(54)44-31-18-13-11-16-29(31)37(51)58-4-2/h8,10-18,25-27,32-33H,3-7,9,19-24H2,1-2H3,(H,44,54)(H,45,48)(H,46,52)(H2,42,43,53)/b14-8-/t25-,26-,32+,33+,41-/m1/s1. The number of carbonyl (C=O) groups excluding carboxylic acids is 7. The van der Waals surface area contributed by atoms with Crippen LogP contribution in [0.15, 0.2) is 60.7 Å². The molecule has 0 spiro atoms. The van der Waals surface area contributed by atoms with Gasteiger partial charge in [-0.05, 0) is 76.6 Å². The number of benzene rings is 2. The summed E-state index contributed by atoms with van der Waals surface area (Å²) in [6, 6.07) is 8.98. The average molecular weight is 851 g/mol. The third-order valence-corrected chi connectivity index (χ3v) is 12.6. The van der Waals surface area contributed by atoms with E-state index in [2.05, 4.69) is 26.0 Å². The average Bonchev–Trinajstić information content (AvgIpc) is 4.14. The molecule has 2 aliphatic carbocycles. The van der Waals surface area contributed by atoms with E-state index in [1.807, 2.05) is 6.08 Å². The molecule has 0 unspecified atom stereocenters. The molecule has 322 valence electrons. The van der Waals surface area contributed by atoms with E-state index in [0.29, 0.717) is 38.5 Å². The van der Waals surface area contributed by atoms with E-state index in [0.717, 1.165) is 0 Å². The number of amides is 6. The Balaban J connectivity index is 1.26. The summed E-state index contributed by atoms with van der Waals surface area (Å²) in [5.41, 5.74) is -1.22. The topological polar surface area (TPSA) is 245 Å². The Morgan fingerprint density at radius 3 is 2.12 bits per heavy atom. The van der Waals surface area contributed by atoms with Gasteiger partial charge in [0, 0.05) is 12.3 Å². The number of nitrogens with zero attached hydrogens (tertiary/aromatic N) is 1. The second-order valence-corrected chi connectivity index (χ2v) is 17.1. The van der Waals surface area contributed by atoms with Gasteiger partial charge in [-0.25, -0.2) is 27.6 Å². The zero-order valence-corrected chi connectivity index (χ0v) is 34.2. The van der Waals surface area contributed by atoms with E-state index in [1.54, 1.807) is 44.2 Å². The van der Waals surface area contributed by atoms with Gasteiger partial charge in [-0.15, -0.1) is 0 Å². The minimum absolute atomic E-state index is 0.0716. The largest absolute Gasteiger partial charge is 0.462 e. The van der Waals surface area contributed by atoms with E-state index < -0.39 is 86.7 Å². The van der Waals surface area contributed by atoms with E-state index >= 15 is 0 Å². The molecule has 18 nitrogen and oxygen atoms in total. The Morgan fingerprint density at radius 2 is 1.48 bits per heavy atom. The van der Waals surface area contributed by atoms with Gasteiger partial charge in [0.2, 0.25) is 21.8 Å². The summed E-state index contributed by atoms with van der Waals surface area (Å²) in [4.78, 5) is 95.8. The Bertz CT molecular complexity index is 2140. The predicted octanol–water partition coefficient (Wildman–Crippen LogP) is 3.75. The zero-order chi connectivity index (χ0) is 43.0. The van der Waals surface area contributed by atoms with Gasteiger partial charge in [0.1, 0.15) is 23.7 Å². The molecular formula is C41H50N6O12S. The highest BCUT2D eigenvalue weighted by Gasteiger charge is 2.62. The van der Waals surface area contributed by atoms with E-state index in [9.17, 15) is 42.0 Å². The second kappa shape index (κ2) is 18.9. The van der Waals surface area contributed by atoms with Gasteiger partial charge in [0.05, 0.1) is 47.5 Å². The monoisotopic (exact) mass is 850 g/mol. The fourth-order valence-electron chi connectivity index (χ4n) is 7.41. The van der Waals surface area contributed by atoms with Crippen molar-refractivity contribution in [3.63, 3.8) is 0 Å². The summed E-state index contributed by atoms with van der Waals surface area (Å²) in [6.07, 6.45) is 4.91. The first-order valence-electron chi connectivity index (χ1n) is 20.2. The van der Waals surface area contributed by atoms with E-state index in [1.165, 1.54) is 29.2 Å². The lowest BCUT2D eigenvalue weighted by Gasteiger charge is -2.30. The van der Waals surface area contributed by atoms with Gasteiger partial charge in [0.25, 0.3) is 5.91 Å². The van der Waals surface area contributed by atoms with E-state index in [4.69, 9.17) is 14.2 Å². The number of anilines is 2. The molecule has 6 rings (SSSR count). The first kappa shape index (κ1) is 43.6. The van der Waals surface area contributed by atoms with Crippen LogP contribution in [0.1, 0.15) is 92.4 Å². The molecule has 0 aromatic heterocycles. The van der Waals surface area contributed by atoms with Crippen LogP contribution in [0.4, 0.5) is 21.0 Å². The number of sulfonamides is 1. The quantitative estimate of drug-likeness (QED) is 0.123. The molecule has 2 aromatic carbocycles. The van der Waals surface area contributed by atoms with Gasteiger partial charge in [0.15, 0.2) is 0 Å². The number of para-hydroxylation sites is 2. The van der Waals surface area contributed by atoms with Gasteiger partial charge in [-0.2, -0.15) is 0 Å². The number of hydrogen-bond donors (Lipinski definition) is 5. The van der Waals surface area contributed by atoms with Gasteiger partial charge < -0.3 is 35.1 Å². The Labute approximate surface area is 347 Å². The van der Waals surface area contributed by atoms with Crippen LogP contribution in [0.3, 0.4) is 0 Å². The first-order chi connectivity index (χ1) is 28.8. The third-order valence-electron chi connectivity index (χ3n) is 10.8. The van der Waals surface area contributed by atoms with Crippen LogP contribution in [0.5, 0.6) is 0 Å². The number of fused-ring (bicyclic) bond motifs is 2. The molecule has 0 radical (unpaired) electrons. The van der Waals surface area contributed by atoms with Crippen molar-refractivity contribution >= 4 is 63.2 Å². The van der Waals surface area contributed by atoms with Crippen LogP contribution in [0.25, 0.3) is 0 Å². The van der Waals surface area contributed by atoms with Gasteiger partial charge in [-0.3, -0.25) is 24.4 Å². The number of carbonyl (C=O) groups is 7. The SMILES string of the molecule is CCOC(=O)c1ccccc1NC(=O)N[C@H]1CCCCC/C=C\[C@@H]2C[C@@]2(C(=O)NS(=O)(=O)C2CC2)NC(=O)[C@@H]2C[C@@H](OC(=O)Nc3ccccc3C(=O)OCC)CN2C1=O. The molecule has 1 saturated heterocycles. The first-order valence-corrected chi connectivity index (χ1v) is 21.7. The number of rotatable bonds is 11. The number of esters is 2. The molecule has 6 amide bonds. The van der Waals surface area contributed by atoms with Crippen LogP contribution in [0.2, 0.25) is 0 Å². The Hall–Kier alpha value is -5.98. The molecule has 19 heteroatoms. The minimum atomic E-state index is -3.97. The maximum atomic E-state index is 14.6. The zero-order valence-electron chi connectivity index (χ0n) is 33.4. The number of urea groups is 1. The summed E-state index contributed by atoms with van der Waals surface area (Å²) < 4.78 is 43.8. The van der Waals surface area contributed by atoms with Crippen molar-refractivity contribution in [1.82, 2.24) is 20.3 Å². The number of allylic oxidation sites excluding steroid dienone is 1. The molecular weight excluding hydrogens is 801 g/mol. The van der Waals surface area contributed by atoms with Gasteiger partial charge in [-0.1, -0.05) is 49.3 Å². The Kier molecular flexibility index (Phi) is 13.8. The normalized spacial score (nSPS) is 24.7. The molecule has 5 N–H and O–H groups in total. The van der Waals surface area contributed by atoms with E-state index in [-0.39, 0.29) is 61.5 Å². The van der Waals surface area contributed by atoms with Crippen molar-refractivity contribution in [1.29, 1.82) is 0 Å². The summed E-state index contributed by atoms with van der Waals surface area (Å²) >= 11 is 0. The molecule has 3 fully saturated rings. The summed E-state index contributed by atoms with van der Waals surface area (Å²) in [5, 5.41) is 9.92. The molecule has 2 saturated carbocycles. The lowest BCUT2D eigenvalue weighted by Crippen LogP contribution is -2.58. The lowest BCUT2D eigenvalue weighted by molar-refractivity contribution is -0.141. The molecule has 4 aliphatic rings. The van der Waals surface area contributed by atoms with Crippen molar-refractivity contribution < 1.29 is 56.2 Å².